The van der Waals surface area contributed by atoms with Crippen molar-refractivity contribution < 1.29 is 0 Å². The fourth-order valence-corrected chi connectivity index (χ4v) is 4.49. The molecule has 2 atom stereocenters. The lowest BCUT2D eigenvalue weighted by Crippen LogP contribution is -2.51. The summed E-state index contributed by atoms with van der Waals surface area (Å²) in [4.78, 5) is 2.78. The molecule has 0 saturated carbocycles. The van der Waals surface area contributed by atoms with Gasteiger partial charge in [-0.1, -0.05) is 57.4 Å². The van der Waals surface area contributed by atoms with Crippen LogP contribution in [0.5, 0.6) is 0 Å². The molecule has 0 aromatic heterocycles. The summed E-state index contributed by atoms with van der Waals surface area (Å²) in [7, 11) is 0. The van der Waals surface area contributed by atoms with Gasteiger partial charge in [0.1, 0.15) is 0 Å². The Labute approximate surface area is 124 Å². The van der Waals surface area contributed by atoms with E-state index in [1.54, 1.807) is 11.1 Å². The number of fused-ring (bicyclic) bond motifs is 2. The molecule has 1 aromatic rings. The van der Waals surface area contributed by atoms with Crippen LogP contribution < -0.4 is 0 Å². The number of hydrogen-bond donors (Lipinski definition) is 0. The molecule has 0 amide bonds. The lowest BCUT2D eigenvalue weighted by Gasteiger charge is -2.47. The summed E-state index contributed by atoms with van der Waals surface area (Å²) < 4.78 is 0. The van der Waals surface area contributed by atoms with E-state index in [9.17, 15) is 0 Å². The smallest absolute Gasteiger partial charge is 0.0193 e. The standard InChI is InChI=1S/C19H29N/c1-3-20-13-9-5-4-8-12-19(2)15-17-11-7-6-10-16(17)14-18(19)20/h6-7,10-11,18H,3-5,8-9,12-15H2,1-2H3/t18?,19-/m1/s1. The second-order valence-electron chi connectivity index (χ2n) is 7.11. The molecule has 0 bridgehead atoms. The molecule has 20 heavy (non-hydrogen) atoms. The van der Waals surface area contributed by atoms with Crippen molar-refractivity contribution in [2.24, 2.45) is 5.41 Å². The van der Waals surface area contributed by atoms with E-state index in [4.69, 9.17) is 0 Å². The predicted molar refractivity (Wildman–Crippen MR) is 86.1 cm³/mol. The maximum Gasteiger partial charge on any atom is 0.0193 e. The Morgan fingerprint density at radius 1 is 1.10 bits per heavy atom. The molecule has 0 radical (unpaired) electrons. The van der Waals surface area contributed by atoms with Gasteiger partial charge in [-0.25, -0.2) is 0 Å². The van der Waals surface area contributed by atoms with E-state index in [1.807, 2.05) is 0 Å². The van der Waals surface area contributed by atoms with Gasteiger partial charge in [-0.2, -0.15) is 0 Å². The van der Waals surface area contributed by atoms with Crippen molar-refractivity contribution in [1.29, 1.82) is 0 Å². The van der Waals surface area contributed by atoms with Crippen LogP contribution in [0.15, 0.2) is 24.3 Å². The third-order valence-corrected chi connectivity index (χ3v) is 5.72. The van der Waals surface area contributed by atoms with Crippen LogP contribution in [-0.4, -0.2) is 24.0 Å². The summed E-state index contributed by atoms with van der Waals surface area (Å²) in [6.07, 6.45) is 9.62. The van der Waals surface area contributed by atoms with Crippen LogP contribution >= 0.6 is 0 Å². The summed E-state index contributed by atoms with van der Waals surface area (Å²) in [6, 6.07) is 9.90. The Bertz CT molecular complexity index is 453. The highest BCUT2D eigenvalue weighted by molar-refractivity contribution is 5.32. The molecule has 1 heterocycles. The highest BCUT2D eigenvalue weighted by atomic mass is 15.2. The molecule has 1 aliphatic carbocycles. The first-order valence-electron chi connectivity index (χ1n) is 8.54. The van der Waals surface area contributed by atoms with Crippen LogP contribution in [0.3, 0.4) is 0 Å². The average molecular weight is 271 g/mol. The van der Waals surface area contributed by atoms with Crippen molar-refractivity contribution in [3.63, 3.8) is 0 Å². The van der Waals surface area contributed by atoms with Crippen LogP contribution in [0, 0.1) is 5.41 Å². The Kier molecular flexibility index (Phi) is 4.16. The van der Waals surface area contributed by atoms with E-state index in [-0.39, 0.29) is 0 Å². The van der Waals surface area contributed by atoms with Gasteiger partial charge in [0.2, 0.25) is 0 Å². The van der Waals surface area contributed by atoms with E-state index in [2.05, 4.69) is 43.0 Å². The quantitative estimate of drug-likeness (QED) is 0.729. The van der Waals surface area contributed by atoms with Crippen LogP contribution in [0.1, 0.15) is 57.1 Å². The number of hydrogen-bond acceptors (Lipinski definition) is 1. The highest BCUT2D eigenvalue weighted by Crippen LogP contribution is 2.42. The van der Waals surface area contributed by atoms with Crippen LogP contribution in [0.25, 0.3) is 0 Å². The molecule has 0 N–H and O–H groups in total. The molecule has 1 fully saturated rings. The van der Waals surface area contributed by atoms with Crippen molar-refractivity contribution in [2.75, 3.05) is 13.1 Å². The first-order chi connectivity index (χ1) is 9.73. The second kappa shape index (κ2) is 5.89. The summed E-state index contributed by atoms with van der Waals surface area (Å²) in [5, 5.41) is 0. The van der Waals surface area contributed by atoms with Gasteiger partial charge < -0.3 is 0 Å². The third-order valence-electron chi connectivity index (χ3n) is 5.72. The molecule has 1 saturated heterocycles. The first kappa shape index (κ1) is 14.1. The summed E-state index contributed by atoms with van der Waals surface area (Å²) in [6.45, 7) is 7.42. The summed E-state index contributed by atoms with van der Waals surface area (Å²) >= 11 is 0. The third kappa shape index (κ3) is 2.65. The molecule has 1 aliphatic heterocycles. The normalized spacial score (nSPS) is 31.6. The van der Waals surface area contributed by atoms with Gasteiger partial charge in [0.05, 0.1) is 0 Å². The largest absolute Gasteiger partial charge is 0.300 e. The van der Waals surface area contributed by atoms with Crippen molar-refractivity contribution in [3.05, 3.63) is 35.4 Å². The predicted octanol–water partition coefficient (Wildman–Crippen LogP) is 4.45. The SMILES string of the molecule is CCN1CCCCCC[C@]2(C)Cc3ccccc3CC12. The maximum absolute atomic E-state index is 2.78. The molecule has 1 unspecified atom stereocenters. The molecular formula is C19H29N. The Hall–Kier alpha value is -0.820. The van der Waals surface area contributed by atoms with Gasteiger partial charge in [0, 0.05) is 6.04 Å². The first-order valence-corrected chi connectivity index (χ1v) is 8.54. The Morgan fingerprint density at radius 2 is 1.85 bits per heavy atom. The molecule has 1 nitrogen and oxygen atoms in total. The molecule has 110 valence electrons. The number of likely N-dealkylation sites (N-methyl/N-ethyl adjacent to an activating group) is 1. The zero-order valence-corrected chi connectivity index (χ0v) is 13.2. The minimum Gasteiger partial charge on any atom is -0.300 e. The van der Waals surface area contributed by atoms with Gasteiger partial charge in [-0.3, -0.25) is 4.90 Å². The van der Waals surface area contributed by atoms with Crippen LogP contribution in [0.2, 0.25) is 0 Å². The summed E-state index contributed by atoms with van der Waals surface area (Å²) in [5.41, 5.74) is 3.70. The Morgan fingerprint density at radius 3 is 2.65 bits per heavy atom. The topological polar surface area (TPSA) is 3.24 Å². The molecule has 1 aromatic carbocycles. The summed E-state index contributed by atoms with van der Waals surface area (Å²) in [5.74, 6) is 0. The van der Waals surface area contributed by atoms with E-state index in [1.165, 1.54) is 58.0 Å². The lowest BCUT2D eigenvalue weighted by molar-refractivity contribution is 0.0641. The van der Waals surface area contributed by atoms with Gasteiger partial charge in [-0.05, 0) is 55.3 Å². The molecule has 1 heteroatoms. The maximum atomic E-state index is 2.78. The monoisotopic (exact) mass is 271 g/mol. The van der Waals surface area contributed by atoms with Gasteiger partial charge in [0.15, 0.2) is 0 Å². The molecule has 2 aliphatic rings. The van der Waals surface area contributed by atoms with E-state index >= 15 is 0 Å². The minimum atomic E-state index is 0.481. The fraction of sp³-hybridized carbons (Fsp3) is 0.684. The van der Waals surface area contributed by atoms with Crippen molar-refractivity contribution in [1.82, 2.24) is 4.90 Å². The Balaban J connectivity index is 1.94. The van der Waals surface area contributed by atoms with E-state index in [0.29, 0.717) is 5.41 Å². The second-order valence-corrected chi connectivity index (χ2v) is 7.11. The number of nitrogens with zero attached hydrogens (tertiary/aromatic N) is 1. The van der Waals surface area contributed by atoms with Crippen molar-refractivity contribution in [2.45, 2.75) is 64.8 Å². The lowest BCUT2D eigenvalue weighted by atomic mass is 9.66. The number of benzene rings is 1. The highest BCUT2D eigenvalue weighted by Gasteiger charge is 2.41. The molecule has 3 rings (SSSR count). The van der Waals surface area contributed by atoms with Crippen LogP contribution in [0.4, 0.5) is 0 Å². The van der Waals surface area contributed by atoms with E-state index in [0.717, 1.165) is 6.04 Å². The van der Waals surface area contributed by atoms with Crippen molar-refractivity contribution in [3.8, 4) is 0 Å². The van der Waals surface area contributed by atoms with Gasteiger partial charge >= 0.3 is 0 Å². The number of rotatable bonds is 1. The average Bonchev–Trinajstić information content (AvgIpc) is 2.53. The van der Waals surface area contributed by atoms with E-state index < -0.39 is 0 Å². The van der Waals surface area contributed by atoms with Crippen molar-refractivity contribution >= 4 is 0 Å². The van der Waals surface area contributed by atoms with Crippen LogP contribution in [-0.2, 0) is 12.8 Å². The molecule has 0 spiro atoms. The minimum absolute atomic E-state index is 0.481. The zero-order chi connectivity index (χ0) is 14.0. The molecular weight excluding hydrogens is 242 g/mol. The van der Waals surface area contributed by atoms with Gasteiger partial charge in [-0.15, -0.1) is 0 Å². The van der Waals surface area contributed by atoms with Gasteiger partial charge in [0.25, 0.3) is 0 Å². The zero-order valence-electron chi connectivity index (χ0n) is 13.2. The fourth-order valence-electron chi connectivity index (χ4n) is 4.49.